The van der Waals surface area contributed by atoms with Gasteiger partial charge in [0.25, 0.3) is 0 Å². The molecule has 0 spiro atoms. The number of carbonyl (C=O) groups excluding carboxylic acids is 3. The summed E-state index contributed by atoms with van der Waals surface area (Å²) in [6, 6.07) is 10.0. The Bertz CT molecular complexity index is 1060. The van der Waals surface area contributed by atoms with E-state index in [9.17, 15) is 23.2 Å². The van der Waals surface area contributed by atoms with Gasteiger partial charge in [0.05, 0.1) is 24.6 Å². The topological polar surface area (TPSA) is 75.7 Å². The smallest absolute Gasteiger partial charge is 0.326 e. The molecule has 0 radical (unpaired) electrons. The summed E-state index contributed by atoms with van der Waals surface area (Å²) in [4.78, 5) is 41.2. The molecule has 2 heterocycles. The normalized spacial score (nSPS) is 27.0. The fourth-order valence-electron chi connectivity index (χ4n) is 4.81. The molecule has 4 rings (SSSR count). The van der Waals surface area contributed by atoms with Crippen LogP contribution < -0.4 is 10.2 Å². The third-order valence-corrected chi connectivity index (χ3v) is 6.84. The summed E-state index contributed by atoms with van der Waals surface area (Å²) in [5.74, 6) is -4.51. The molecule has 168 valence electrons. The van der Waals surface area contributed by atoms with Gasteiger partial charge in [-0.1, -0.05) is 18.2 Å². The number of methoxy groups -OCH3 is 1. The molecule has 2 aliphatic heterocycles. The van der Waals surface area contributed by atoms with E-state index in [1.54, 1.807) is 6.07 Å². The Morgan fingerprint density at radius 1 is 1.12 bits per heavy atom. The van der Waals surface area contributed by atoms with Gasteiger partial charge in [0.1, 0.15) is 17.2 Å². The average molecular weight is 461 g/mol. The maximum Gasteiger partial charge on any atom is 0.326 e. The summed E-state index contributed by atoms with van der Waals surface area (Å²) in [6.07, 6.45) is 2.07. The number of ether oxygens (including phenoxy) is 1. The third-order valence-electron chi connectivity index (χ3n) is 6.23. The van der Waals surface area contributed by atoms with Gasteiger partial charge in [-0.25, -0.2) is 13.7 Å². The van der Waals surface area contributed by atoms with Crippen LogP contribution in [0.4, 0.5) is 14.5 Å². The largest absolute Gasteiger partial charge is 0.468 e. The summed E-state index contributed by atoms with van der Waals surface area (Å²) < 4.78 is 33.3. The molecule has 0 aliphatic carbocycles. The van der Waals surface area contributed by atoms with Crippen molar-refractivity contribution in [3.63, 3.8) is 0 Å². The molecule has 6 nitrogen and oxygen atoms in total. The highest BCUT2D eigenvalue weighted by molar-refractivity contribution is 7.98. The van der Waals surface area contributed by atoms with Crippen LogP contribution in [0.3, 0.4) is 0 Å². The van der Waals surface area contributed by atoms with Gasteiger partial charge < -0.3 is 4.74 Å². The first-order valence-corrected chi connectivity index (χ1v) is 11.5. The van der Waals surface area contributed by atoms with Crippen molar-refractivity contribution in [3.05, 3.63) is 65.7 Å². The SMILES string of the molecule is COC(=O)[C@@]1(CCSC)N[C@@H](c2ccccc2F)[C@H]2C(=O)N(c3ccc(F)cc3)C(=O)[C@@H]21. The first kappa shape index (κ1) is 22.4. The Labute approximate surface area is 188 Å². The van der Waals surface area contributed by atoms with Crippen molar-refractivity contribution in [3.8, 4) is 0 Å². The summed E-state index contributed by atoms with van der Waals surface area (Å²) >= 11 is 1.48. The number of anilines is 1. The number of carbonyl (C=O) groups is 3. The second kappa shape index (κ2) is 8.63. The number of imide groups is 1. The van der Waals surface area contributed by atoms with Crippen LogP contribution in [0, 0.1) is 23.5 Å². The Morgan fingerprint density at radius 3 is 2.44 bits per heavy atom. The van der Waals surface area contributed by atoms with Gasteiger partial charge in [-0.2, -0.15) is 11.8 Å². The predicted octanol–water partition coefficient (Wildman–Crippen LogP) is 3.08. The average Bonchev–Trinajstić information content (AvgIpc) is 3.27. The number of esters is 1. The molecular formula is C23H22F2N2O4S. The third kappa shape index (κ3) is 3.40. The van der Waals surface area contributed by atoms with E-state index >= 15 is 0 Å². The molecule has 32 heavy (non-hydrogen) atoms. The van der Waals surface area contributed by atoms with E-state index in [4.69, 9.17) is 4.74 Å². The van der Waals surface area contributed by atoms with E-state index < -0.39 is 52.8 Å². The van der Waals surface area contributed by atoms with Crippen LogP contribution in [0.25, 0.3) is 0 Å². The molecule has 0 saturated carbocycles. The first-order valence-electron chi connectivity index (χ1n) is 10.1. The number of amides is 2. The number of nitrogens with zero attached hydrogens (tertiary/aromatic N) is 1. The number of thioether (sulfide) groups is 1. The minimum atomic E-state index is -1.50. The predicted molar refractivity (Wildman–Crippen MR) is 116 cm³/mol. The van der Waals surface area contributed by atoms with Crippen molar-refractivity contribution >= 4 is 35.2 Å². The molecule has 0 unspecified atom stereocenters. The fourth-order valence-corrected chi connectivity index (χ4v) is 5.33. The summed E-state index contributed by atoms with van der Waals surface area (Å²) in [5, 5.41) is 3.13. The molecule has 0 bridgehead atoms. The zero-order valence-electron chi connectivity index (χ0n) is 17.5. The van der Waals surface area contributed by atoms with Gasteiger partial charge in [-0.3, -0.25) is 19.7 Å². The highest BCUT2D eigenvalue weighted by Gasteiger charge is 2.68. The lowest BCUT2D eigenvalue weighted by Crippen LogP contribution is -2.56. The molecule has 0 aromatic heterocycles. The minimum absolute atomic E-state index is 0.194. The summed E-state index contributed by atoms with van der Waals surface area (Å²) in [6.45, 7) is 0. The van der Waals surface area contributed by atoms with E-state index in [0.29, 0.717) is 5.75 Å². The van der Waals surface area contributed by atoms with Gasteiger partial charge in [-0.05, 0) is 48.8 Å². The van der Waals surface area contributed by atoms with Crippen LogP contribution in [-0.2, 0) is 19.1 Å². The number of hydrogen-bond acceptors (Lipinski definition) is 6. The van der Waals surface area contributed by atoms with Crippen LogP contribution in [0.2, 0.25) is 0 Å². The van der Waals surface area contributed by atoms with E-state index in [1.807, 2.05) is 6.26 Å². The fraction of sp³-hybridized carbons (Fsp3) is 0.348. The van der Waals surface area contributed by atoms with Gasteiger partial charge in [0, 0.05) is 11.6 Å². The number of hydrogen-bond donors (Lipinski definition) is 1. The second-order valence-corrected chi connectivity index (χ2v) is 8.83. The van der Waals surface area contributed by atoms with Crippen LogP contribution in [-0.4, -0.2) is 42.4 Å². The number of halogens is 2. The Hall–Kier alpha value is -2.78. The highest BCUT2D eigenvalue weighted by atomic mass is 32.2. The Balaban J connectivity index is 1.87. The number of fused-ring (bicyclic) bond motifs is 1. The van der Waals surface area contributed by atoms with Crippen molar-refractivity contribution in [2.45, 2.75) is 18.0 Å². The van der Waals surface area contributed by atoms with Crippen LogP contribution in [0.1, 0.15) is 18.0 Å². The van der Waals surface area contributed by atoms with Crippen molar-refractivity contribution < 1.29 is 27.9 Å². The molecule has 2 amide bonds. The van der Waals surface area contributed by atoms with Crippen LogP contribution >= 0.6 is 11.8 Å². The molecular weight excluding hydrogens is 438 g/mol. The number of benzene rings is 2. The van der Waals surface area contributed by atoms with Gasteiger partial charge in [0.2, 0.25) is 11.8 Å². The summed E-state index contributed by atoms with van der Waals surface area (Å²) in [7, 11) is 1.22. The van der Waals surface area contributed by atoms with Crippen molar-refractivity contribution in [1.82, 2.24) is 5.32 Å². The number of nitrogens with one attached hydrogen (secondary N) is 1. The van der Waals surface area contributed by atoms with Crippen molar-refractivity contribution in [1.29, 1.82) is 0 Å². The van der Waals surface area contributed by atoms with Crippen molar-refractivity contribution in [2.24, 2.45) is 11.8 Å². The lowest BCUT2D eigenvalue weighted by molar-refractivity contribution is -0.152. The summed E-state index contributed by atoms with van der Waals surface area (Å²) in [5.41, 5.74) is -1.11. The van der Waals surface area contributed by atoms with Crippen LogP contribution in [0.15, 0.2) is 48.5 Å². The maximum atomic E-state index is 14.8. The Kier molecular flexibility index (Phi) is 6.05. The van der Waals surface area contributed by atoms with Crippen molar-refractivity contribution in [2.75, 3.05) is 24.0 Å². The molecule has 2 aromatic rings. The van der Waals surface area contributed by atoms with Gasteiger partial charge >= 0.3 is 5.97 Å². The van der Waals surface area contributed by atoms with Gasteiger partial charge in [-0.15, -0.1) is 0 Å². The Morgan fingerprint density at radius 2 is 1.81 bits per heavy atom. The van der Waals surface area contributed by atoms with E-state index in [2.05, 4.69) is 5.32 Å². The molecule has 2 aliphatic rings. The zero-order valence-corrected chi connectivity index (χ0v) is 18.3. The monoisotopic (exact) mass is 460 g/mol. The lowest BCUT2D eigenvalue weighted by atomic mass is 9.78. The first-order chi connectivity index (χ1) is 15.4. The van der Waals surface area contributed by atoms with E-state index in [0.717, 1.165) is 17.0 Å². The van der Waals surface area contributed by atoms with E-state index in [-0.39, 0.29) is 17.7 Å². The quantitative estimate of drug-likeness (QED) is 0.528. The molecule has 9 heteroatoms. The minimum Gasteiger partial charge on any atom is -0.468 e. The van der Waals surface area contributed by atoms with E-state index in [1.165, 1.54) is 49.2 Å². The zero-order chi connectivity index (χ0) is 23.0. The van der Waals surface area contributed by atoms with Gasteiger partial charge in [0.15, 0.2) is 0 Å². The lowest BCUT2D eigenvalue weighted by Gasteiger charge is -2.32. The second-order valence-electron chi connectivity index (χ2n) is 7.84. The highest BCUT2D eigenvalue weighted by Crippen LogP contribution is 2.51. The molecule has 4 atom stereocenters. The molecule has 2 fully saturated rings. The molecule has 2 aromatic carbocycles. The maximum absolute atomic E-state index is 14.8. The molecule has 2 saturated heterocycles. The standard InChI is InChI=1S/C23H22F2N2O4S/c1-31-22(30)23(11-12-32-2)18-17(19(26-23)15-5-3-4-6-16(15)25)20(28)27(21(18)29)14-9-7-13(24)8-10-14/h3-10,17-19,26H,11-12H2,1-2H3/t17-,18+,19-,23-/m0/s1. The van der Waals surface area contributed by atoms with Crippen LogP contribution in [0.5, 0.6) is 0 Å². The number of rotatable bonds is 6. The molecule has 1 N–H and O–H groups in total.